The molecule has 2 heterocycles. The van der Waals surface area contributed by atoms with E-state index in [9.17, 15) is 22.4 Å². The van der Waals surface area contributed by atoms with Crippen molar-refractivity contribution >= 4 is 33.5 Å². The van der Waals surface area contributed by atoms with Crippen molar-refractivity contribution in [1.82, 2.24) is 14.1 Å². The van der Waals surface area contributed by atoms with E-state index < -0.39 is 23.1 Å². The van der Waals surface area contributed by atoms with Crippen molar-refractivity contribution in [3.63, 3.8) is 0 Å². The molecule has 0 aliphatic rings. The fourth-order valence-corrected chi connectivity index (χ4v) is 3.33. The van der Waals surface area contributed by atoms with Gasteiger partial charge in [0.15, 0.2) is 5.52 Å². The van der Waals surface area contributed by atoms with E-state index in [1.807, 2.05) is 0 Å². The van der Waals surface area contributed by atoms with E-state index in [4.69, 9.17) is 11.6 Å². The third-order valence-corrected chi connectivity index (χ3v) is 4.71. The molecule has 0 N–H and O–H groups in total. The molecule has 4 rings (SSSR count). The largest absolute Gasteiger partial charge is 0.416 e. The quantitative estimate of drug-likeness (QED) is 0.439. The van der Waals surface area contributed by atoms with Gasteiger partial charge < -0.3 is 4.57 Å². The number of aryl methyl sites for hydroxylation is 1. The maximum atomic E-state index is 13.9. The molecule has 0 unspecified atom stereocenters. The number of aromatic nitrogens is 3. The molecule has 0 saturated heterocycles. The van der Waals surface area contributed by atoms with Gasteiger partial charge in [0, 0.05) is 12.4 Å². The Balaban J connectivity index is 2.26. The van der Waals surface area contributed by atoms with Gasteiger partial charge in [0.1, 0.15) is 10.8 Å². The number of halogens is 5. The van der Waals surface area contributed by atoms with Crippen molar-refractivity contribution in [2.45, 2.75) is 6.18 Å². The van der Waals surface area contributed by atoms with Crippen LogP contribution in [0.4, 0.5) is 17.6 Å². The number of nitrogens with zero attached hydrogens (tertiary/aromatic N) is 3. The van der Waals surface area contributed by atoms with Gasteiger partial charge in [-0.25, -0.2) is 9.37 Å². The topological polar surface area (TPSA) is 39.8 Å². The number of pyridine rings is 1. The fourth-order valence-electron chi connectivity index (χ4n) is 3.12. The Morgan fingerprint density at radius 2 is 1.89 bits per heavy atom. The highest BCUT2D eigenvalue weighted by molar-refractivity contribution is 6.32. The number of fused-ring (bicyclic) bond motifs is 3. The highest BCUT2D eigenvalue weighted by atomic mass is 35.5. The van der Waals surface area contributed by atoms with Crippen molar-refractivity contribution in [3.05, 3.63) is 69.5 Å². The van der Waals surface area contributed by atoms with E-state index in [2.05, 4.69) is 4.98 Å². The molecular weight excluding hydrogens is 386 g/mol. The number of alkyl halides is 3. The highest BCUT2D eigenvalue weighted by Crippen LogP contribution is 2.34. The fraction of sp³-hybridized carbons (Fsp3) is 0.111. The SMILES string of the molecule is Cn1cnc2c(=O)n(-c3cccc(F)c3Cl)c3cc(C(F)(F)F)ccc3c21. The Hall–Kier alpha value is -2.87. The van der Waals surface area contributed by atoms with Crippen LogP contribution in [0.5, 0.6) is 0 Å². The van der Waals surface area contributed by atoms with Crippen molar-refractivity contribution in [3.8, 4) is 5.69 Å². The van der Waals surface area contributed by atoms with Crippen molar-refractivity contribution in [1.29, 1.82) is 0 Å². The maximum Gasteiger partial charge on any atom is 0.416 e. The lowest BCUT2D eigenvalue weighted by atomic mass is 10.1. The van der Waals surface area contributed by atoms with Gasteiger partial charge in [0.05, 0.1) is 28.6 Å². The van der Waals surface area contributed by atoms with E-state index in [0.29, 0.717) is 10.9 Å². The second-order valence-corrected chi connectivity index (χ2v) is 6.37. The van der Waals surface area contributed by atoms with Gasteiger partial charge in [-0.15, -0.1) is 0 Å². The molecule has 138 valence electrons. The predicted molar refractivity (Wildman–Crippen MR) is 93.8 cm³/mol. The zero-order chi connectivity index (χ0) is 19.5. The van der Waals surface area contributed by atoms with Crippen LogP contribution in [0.3, 0.4) is 0 Å². The molecule has 2 aromatic heterocycles. The smallest absolute Gasteiger partial charge is 0.333 e. The Labute approximate surface area is 154 Å². The second kappa shape index (κ2) is 5.82. The third-order valence-electron chi connectivity index (χ3n) is 4.34. The van der Waals surface area contributed by atoms with Crippen LogP contribution >= 0.6 is 11.6 Å². The molecule has 0 saturated carbocycles. The highest BCUT2D eigenvalue weighted by Gasteiger charge is 2.31. The molecule has 0 spiro atoms. The molecule has 0 aliphatic heterocycles. The molecule has 0 amide bonds. The summed E-state index contributed by atoms with van der Waals surface area (Å²) in [6.45, 7) is 0. The minimum absolute atomic E-state index is 0.0431. The molecule has 0 radical (unpaired) electrons. The molecular formula is C18H10ClF4N3O. The average molecular weight is 396 g/mol. The van der Waals surface area contributed by atoms with E-state index in [1.165, 1.54) is 24.5 Å². The summed E-state index contributed by atoms with van der Waals surface area (Å²) in [5.41, 5.74) is -1.29. The van der Waals surface area contributed by atoms with Crippen LogP contribution in [0.25, 0.3) is 27.6 Å². The first-order chi connectivity index (χ1) is 12.7. The van der Waals surface area contributed by atoms with Gasteiger partial charge in [0.25, 0.3) is 5.56 Å². The number of benzene rings is 2. The molecule has 4 nitrogen and oxygen atoms in total. The van der Waals surface area contributed by atoms with Crippen molar-refractivity contribution in [2.75, 3.05) is 0 Å². The molecule has 0 fully saturated rings. The Bertz CT molecular complexity index is 1270. The Kier molecular flexibility index (Phi) is 3.78. The van der Waals surface area contributed by atoms with Gasteiger partial charge >= 0.3 is 6.18 Å². The normalized spacial score (nSPS) is 12.2. The van der Waals surface area contributed by atoms with Gasteiger partial charge in [-0.05, 0) is 24.3 Å². The number of hydrogen-bond acceptors (Lipinski definition) is 2. The molecule has 2 aromatic carbocycles. The lowest BCUT2D eigenvalue weighted by molar-refractivity contribution is -0.137. The van der Waals surface area contributed by atoms with Gasteiger partial charge in [-0.1, -0.05) is 23.7 Å². The summed E-state index contributed by atoms with van der Waals surface area (Å²) in [7, 11) is 1.63. The van der Waals surface area contributed by atoms with Gasteiger partial charge in [-0.2, -0.15) is 13.2 Å². The Morgan fingerprint density at radius 1 is 1.15 bits per heavy atom. The van der Waals surface area contributed by atoms with Crippen LogP contribution in [0.1, 0.15) is 5.56 Å². The first kappa shape index (κ1) is 17.5. The van der Waals surface area contributed by atoms with E-state index >= 15 is 0 Å². The van der Waals surface area contributed by atoms with Crippen LogP contribution in [-0.4, -0.2) is 14.1 Å². The first-order valence-electron chi connectivity index (χ1n) is 7.71. The molecule has 0 atom stereocenters. The maximum absolute atomic E-state index is 13.9. The van der Waals surface area contributed by atoms with Crippen LogP contribution in [-0.2, 0) is 13.2 Å². The third kappa shape index (κ3) is 2.59. The van der Waals surface area contributed by atoms with Crippen molar-refractivity contribution in [2.24, 2.45) is 7.05 Å². The van der Waals surface area contributed by atoms with E-state index in [1.54, 1.807) is 11.6 Å². The van der Waals surface area contributed by atoms with Gasteiger partial charge in [0.2, 0.25) is 0 Å². The van der Waals surface area contributed by atoms with Gasteiger partial charge in [-0.3, -0.25) is 9.36 Å². The van der Waals surface area contributed by atoms with Crippen LogP contribution in [0, 0.1) is 5.82 Å². The Morgan fingerprint density at radius 3 is 2.59 bits per heavy atom. The summed E-state index contributed by atoms with van der Waals surface area (Å²) in [5, 5.41) is -0.00785. The second-order valence-electron chi connectivity index (χ2n) is 6.00. The van der Waals surface area contributed by atoms with E-state index in [0.717, 1.165) is 22.8 Å². The monoisotopic (exact) mass is 395 g/mol. The lowest BCUT2D eigenvalue weighted by Crippen LogP contribution is -2.21. The average Bonchev–Trinajstić information content (AvgIpc) is 3.00. The number of imidazole rings is 1. The summed E-state index contributed by atoms with van der Waals surface area (Å²) in [5.74, 6) is -0.790. The molecule has 0 aliphatic carbocycles. The molecule has 0 bridgehead atoms. The summed E-state index contributed by atoms with van der Waals surface area (Å²) < 4.78 is 56.2. The standard InChI is InChI=1S/C18H10ClF4N3O/c1-25-8-24-15-16(25)10-6-5-9(18(21,22)23)7-13(10)26(17(15)27)12-4-2-3-11(20)14(12)19/h2-8H,1H3. The number of hydrogen-bond donors (Lipinski definition) is 0. The van der Waals surface area contributed by atoms with Crippen LogP contribution < -0.4 is 5.56 Å². The predicted octanol–water partition coefficient (Wildman–Crippen LogP) is 4.69. The summed E-state index contributed by atoms with van der Waals surface area (Å²) in [6.07, 6.45) is -3.22. The van der Waals surface area contributed by atoms with Crippen LogP contribution in [0.2, 0.25) is 5.02 Å². The van der Waals surface area contributed by atoms with Crippen molar-refractivity contribution < 1.29 is 17.6 Å². The summed E-state index contributed by atoms with van der Waals surface area (Å²) in [6, 6.07) is 6.83. The minimum Gasteiger partial charge on any atom is -0.333 e. The van der Waals surface area contributed by atoms with Crippen LogP contribution in [0.15, 0.2) is 47.5 Å². The number of rotatable bonds is 1. The lowest BCUT2D eigenvalue weighted by Gasteiger charge is -2.15. The zero-order valence-electron chi connectivity index (χ0n) is 13.7. The summed E-state index contributed by atoms with van der Waals surface area (Å²) >= 11 is 6.00. The zero-order valence-corrected chi connectivity index (χ0v) is 14.4. The van der Waals surface area contributed by atoms with E-state index in [-0.39, 0.29) is 21.7 Å². The first-order valence-corrected chi connectivity index (χ1v) is 8.09. The molecule has 9 heteroatoms. The molecule has 4 aromatic rings. The summed E-state index contributed by atoms with van der Waals surface area (Å²) in [4.78, 5) is 17.1. The molecule has 27 heavy (non-hydrogen) atoms. The minimum atomic E-state index is -4.61.